The number of aliphatic hydroxyl groups is 3. The molecule has 1 heterocycles. The van der Waals surface area contributed by atoms with Crippen molar-refractivity contribution in [3.8, 4) is 0 Å². The molecule has 3 N–H and O–H groups in total. The van der Waals surface area contributed by atoms with Crippen molar-refractivity contribution in [3.63, 3.8) is 0 Å². The third-order valence-electron chi connectivity index (χ3n) is 3.20. The Morgan fingerprint density at radius 2 is 1.92 bits per heavy atom. The highest BCUT2D eigenvalue weighted by Gasteiger charge is 2.38. The number of hydrogen-bond acceptors (Lipinski definition) is 4. The number of rotatable bonds is 2. The zero-order valence-electron chi connectivity index (χ0n) is 8.22. The maximum Gasteiger partial charge on any atom is 0.0746 e. The van der Waals surface area contributed by atoms with Crippen molar-refractivity contribution in [3.05, 3.63) is 0 Å². The smallest absolute Gasteiger partial charge is 0.0746 e. The monoisotopic (exact) mass is 189 g/mol. The minimum absolute atomic E-state index is 0.0128. The number of likely N-dealkylation sites (N-methyl/N-ethyl adjacent to an activating group) is 1. The second kappa shape index (κ2) is 4.37. The highest BCUT2D eigenvalue weighted by atomic mass is 16.3. The molecule has 4 heteroatoms. The molecule has 0 aromatic rings. The highest BCUT2D eigenvalue weighted by molar-refractivity contribution is 4.90. The number of hydrogen-bond donors (Lipinski definition) is 3. The van der Waals surface area contributed by atoms with Crippen molar-refractivity contribution in [1.29, 1.82) is 0 Å². The van der Waals surface area contributed by atoms with Gasteiger partial charge in [-0.3, -0.25) is 0 Å². The van der Waals surface area contributed by atoms with Gasteiger partial charge in [-0.15, -0.1) is 0 Å². The van der Waals surface area contributed by atoms with Gasteiger partial charge in [-0.1, -0.05) is 0 Å². The van der Waals surface area contributed by atoms with Gasteiger partial charge in [-0.2, -0.15) is 0 Å². The molecule has 4 unspecified atom stereocenters. The van der Waals surface area contributed by atoms with Crippen molar-refractivity contribution in [2.24, 2.45) is 11.8 Å². The standard InChI is InChI=1S/C9H19NO3/c1-6-9(13)8(5-12)7(4-11)3-10(6)2/h6-9,11-13H,3-5H2,1-2H3. The van der Waals surface area contributed by atoms with E-state index < -0.39 is 6.10 Å². The quantitative estimate of drug-likeness (QED) is 0.516. The summed E-state index contributed by atoms with van der Waals surface area (Å²) in [5.74, 6) is -0.197. The Labute approximate surface area is 78.8 Å². The van der Waals surface area contributed by atoms with Crippen LogP contribution in [-0.4, -0.2) is 59.2 Å². The van der Waals surface area contributed by atoms with E-state index in [1.54, 1.807) is 0 Å². The summed E-state index contributed by atoms with van der Waals surface area (Å²) in [6, 6.07) is 0.0555. The van der Waals surface area contributed by atoms with Crippen LogP contribution in [-0.2, 0) is 0 Å². The number of likely N-dealkylation sites (tertiary alicyclic amines) is 1. The lowest BCUT2D eigenvalue weighted by Gasteiger charge is -2.43. The molecule has 13 heavy (non-hydrogen) atoms. The first-order chi connectivity index (χ1) is 6.11. The van der Waals surface area contributed by atoms with Crippen molar-refractivity contribution in [1.82, 2.24) is 4.90 Å². The second-order valence-electron chi connectivity index (χ2n) is 3.96. The molecule has 0 aromatic carbocycles. The van der Waals surface area contributed by atoms with Crippen LogP contribution in [0, 0.1) is 11.8 Å². The topological polar surface area (TPSA) is 63.9 Å². The number of nitrogens with zero attached hydrogens (tertiary/aromatic N) is 1. The Morgan fingerprint density at radius 1 is 1.31 bits per heavy atom. The Hall–Kier alpha value is -0.160. The van der Waals surface area contributed by atoms with E-state index in [1.807, 2.05) is 18.9 Å². The van der Waals surface area contributed by atoms with Crippen LogP contribution in [0.3, 0.4) is 0 Å². The van der Waals surface area contributed by atoms with E-state index in [1.165, 1.54) is 0 Å². The third-order valence-corrected chi connectivity index (χ3v) is 3.20. The van der Waals surface area contributed by atoms with Gasteiger partial charge in [0.2, 0.25) is 0 Å². The fraction of sp³-hybridized carbons (Fsp3) is 1.00. The molecule has 1 aliphatic rings. The highest BCUT2D eigenvalue weighted by Crippen LogP contribution is 2.26. The van der Waals surface area contributed by atoms with Crippen LogP contribution in [0.1, 0.15) is 6.92 Å². The minimum Gasteiger partial charge on any atom is -0.396 e. The average molecular weight is 189 g/mol. The molecule has 0 bridgehead atoms. The van der Waals surface area contributed by atoms with Crippen molar-refractivity contribution in [2.75, 3.05) is 26.8 Å². The fourth-order valence-corrected chi connectivity index (χ4v) is 2.02. The van der Waals surface area contributed by atoms with Crippen LogP contribution < -0.4 is 0 Å². The summed E-state index contributed by atoms with van der Waals surface area (Å²) in [4.78, 5) is 2.01. The lowest BCUT2D eigenvalue weighted by Crippen LogP contribution is -2.55. The summed E-state index contributed by atoms with van der Waals surface area (Å²) in [6.45, 7) is 2.64. The lowest BCUT2D eigenvalue weighted by atomic mass is 9.81. The minimum atomic E-state index is -0.541. The Balaban J connectivity index is 2.69. The fourth-order valence-electron chi connectivity index (χ4n) is 2.02. The van der Waals surface area contributed by atoms with Gasteiger partial charge in [-0.25, -0.2) is 0 Å². The van der Waals surface area contributed by atoms with Crippen molar-refractivity contribution in [2.45, 2.75) is 19.1 Å². The summed E-state index contributed by atoms with van der Waals surface area (Å²) in [5.41, 5.74) is 0. The van der Waals surface area contributed by atoms with E-state index in [0.29, 0.717) is 0 Å². The molecule has 0 radical (unpaired) electrons. The van der Waals surface area contributed by atoms with E-state index in [0.717, 1.165) is 6.54 Å². The van der Waals surface area contributed by atoms with E-state index in [-0.39, 0.29) is 31.1 Å². The van der Waals surface area contributed by atoms with Gasteiger partial charge in [0.25, 0.3) is 0 Å². The molecule has 1 fully saturated rings. The molecular formula is C9H19NO3. The first kappa shape index (κ1) is 10.9. The summed E-state index contributed by atoms with van der Waals surface area (Å²) >= 11 is 0. The van der Waals surface area contributed by atoms with Crippen LogP contribution in [0.15, 0.2) is 0 Å². The SMILES string of the molecule is CC1C(O)C(CO)C(CO)CN1C. The lowest BCUT2D eigenvalue weighted by molar-refractivity contribution is -0.0752. The van der Waals surface area contributed by atoms with Crippen LogP contribution in [0.4, 0.5) is 0 Å². The van der Waals surface area contributed by atoms with Gasteiger partial charge in [0.15, 0.2) is 0 Å². The number of aliphatic hydroxyl groups excluding tert-OH is 3. The molecule has 0 spiro atoms. The normalized spacial score (nSPS) is 42.2. The van der Waals surface area contributed by atoms with Crippen LogP contribution in [0.5, 0.6) is 0 Å². The predicted molar refractivity (Wildman–Crippen MR) is 49.3 cm³/mol. The molecule has 0 aromatic heterocycles. The summed E-state index contributed by atoms with van der Waals surface area (Å²) in [5, 5.41) is 27.9. The molecule has 1 aliphatic heterocycles. The first-order valence-corrected chi connectivity index (χ1v) is 4.71. The Morgan fingerprint density at radius 3 is 2.38 bits per heavy atom. The van der Waals surface area contributed by atoms with Crippen LogP contribution >= 0.6 is 0 Å². The predicted octanol–water partition coefficient (Wildman–Crippen LogP) is -1.10. The van der Waals surface area contributed by atoms with E-state index in [4.69, 9.17) is 10.2 Å². The Bertz CT molecular complexity index is 163. The maximum atomic E-state index is 9.80. The molecule has 4 atom stereocenters. The Kier molecular flexibility index (Phi) is 3.67. The largest absolute Gasteiger partial charge is 0.396 e. The summed E-state index contributed by atoms with van der Waals surface area (Å²) in [6.07, 6.45) is -0.541. The zero-order valence-corrected chi connectivity index (χ0v) is 8.22. The first-order valence-electron chi connectivity index (χ1n) is 4.71. The molecule has 0 saturated carbocycles. The zero-order chi connectivity index (χ0) is 10.0. The van der Waals surface area contributed by atoms with E-state index in [2.05, 4.69) is 0 Å². The molecule has 1 rings (SSSR count). The average Bonchev–Trinajstić information content (AvgIpc) is 2.13. The molecule has 0 amide bonds. The molecular weight excluding hydrogens is 170 g/mol. The third kappa shape index (κ3) is 2.02. The van der Waals surface area contributed by atoms with Gasteiger partial charge < -0.3 is 20.2 Å². The second-order valence-corrected chi connectivity index (χ2v) is 3.96. The molecule has 4 nitrogen and oxygen atoms in total. The number of piperidine rings is 1. The molecule has 1 saturated heterocycles. The van der Waals surface area contributed by atoms with Crippen molar-refractivity contribution >= 4 is 0 Å². The van der Waals surface area contributed by atoms with E-state index >= 15 is 0 Å². The van der Waals surface area contributed by atoms with Gasteiger partial charge in [0.05, 0.1) is 6.10 Å². The molecule has 78 valence electrons. The van der Waals surface area contributed by atoms with E-state index in [9.17, 15) is 5.11 Å². The van der Waals surface area contributed by atoms with Crippen LogP contribution in [0.2, 0.25) is 0 Å². The summed E-state index contributed by atoms with van der Waals surface area (Å²) in [7, 11) is 1.92. The van der Waals surface area contributed by atoms with Crippen LogP contribution in [0.25, 0.3) is 0 Å². The van der Waals surface area contributed by atoms with Gasteiger partial charge in [-0.05, 0) is 14.0 Å². The van der Waals surface area contributed by atoms with Crippen molar-refractivity contribution < 1.29 is 15.3 Å². The van der Waals surface area contributed by atoms with Gasteiger partial charge in [0, 0.05) is 37.6 Å². The maximum absolute atomic E-state index is 9.80. The summed E-state index contributed by atoms with van der Waals surface area (Å²) < 4.78 is 0. The van der Waals surface area contributed by atoms with Gasteiger partial charge in [0.1, 0.15) is 0 Å². The van der Waals surface area contributed by atoms with Gasteiger partial charge >= 0.3 is 0 Å². The molecule has 0 aliphatic carbocycles.